The fourth-order valence-corrected chi connectivity index (χ4v) is 2.29. The van der Waals surface area contributed by atoms with Gasteiger partial charge >= 0.3 is 6.09 Å². The summed E-state index contributed by atoms with van der Waals surface area (Å²) in [7, 11) is 0. The van der Waals surface area contributed by atoms with Crippen molar-refractivity contribution in [3.8, 4) is 0 Å². The fourth-order valence-electron chi connectivity index (χ4n) is 2.29. The van der Waals surface area contributed by atoms with Crippen molar-refractivity contribution in [2.24, 2.45) is 4.99 Å². The Kier molecular flexibility index (Phi) is 6.11. The summed E-state index contributed by atoms with van der Waals surface area (Å²) in [5.74, 6) is 1.69. The maximum absolute atomic E-state index is 11.9. The molecule has 0 unspecified atom stereocenters. The van der Waals surface area contributed by atoms with Crippen molar-refractivity contribution < 1.29 is 13.9 Å². The Bertz CT molecular complexity index is 543. The minimum Gasteiger partial charge on any atom is -0.469 e. The topological polar surface area (TPSA) is 79.1 Å². The van der Waals surface area contributed by atoms with Crippen LogP contribution in [0.15, 0.2) is 27.8 Å². The summed E-state index contributed by atoms with van der Waals surface area (Å²) in [6, 6.07) is 4.02. The molecule has 1 aliphatic heterocycles. The third-order valence-corrected chi connectivity index (χ3v) is 3.43. The molecule has 1 fully saturated rings. The summed E-state index contributed by atoms with van der Waals surface area (Å²) in [5, 5.41) is 6.56. The monoisotopic (exact) mass is 336 g/mol. The second-order valence-electron chi connectivity index (χ2n) is 6.82. The molecular weight excluding hydrogens is 308 g/mol. The second-order valence-corrected chi connectivity index (χ2v) is 6.82. The predicted molar refractivity (Wildman–Crippen MR) is 93.1 cm³/mol. The highest BCUT2D eigenvalue weighted by Gasteiger charge is 2.34. The van der Waals surface area contributed by atoms with Crippen LogP contribution < -0.4 is 10.6 Å². The van der Waals surface area contributed by atoms with Gasteiger partial charge in [-0.3, -0.25) is 4.99 Å². The number of hydrogen-bond acceptors (Lipinski definition) is 4. The van der Waals surface area contributed by atoms with E-state index in [4.69, 9.17) is 9.15 Å². The molecule has 7 nitrogen and oxygen atoms in total. The van der Waals surface area contributed by atoms with E-state index in [2.05, 4.69) is 15.6 Å². The molecule has 1 aliphatic rings. The molecule has 1 amide bonds. The number of amides is 1. The molecule has 2 heterocycles. The van der Waals surface area contributed by atoms with Gasteiger partial charge in [-0.1, -0.05) is 0 Å². The van der Waals surface area contributed by atoms with Crippen LogP contribution in [0.2, 0.25) is 0 Å². The van der Waals surface area contributed by atoms with E-state index in [-0.39, 0.29) is 12.1 Å². The number of likely N-dealkylation sites (tertiary alicyclic amines) is 1. The maximum Gasteiger partial charge on any atom is 0.410 e. The quantitative estimate of drug-likeness (QED) is 0.635. The SMILES string of the molecule is CCNC(=NCCc1ccco1)NC1CN(C(=O)OC(C)(C)C)C1. The summed E-state index contributed by atoms with van der Waals surface area (Å²) >= 11 is 0. The minimum atomic E-state index is -0.460. The molecule has 1 saturated heterocycles. The molecule has 0 aromatic carbocycles. The Morgan fingerprint density at radius 2 is 2.21 bits per heavy atom. The van der Waals surface area contributed by atoms with Crippen LogP contribution in [-0.2, 0) is 11.2 Å². The summed E-state index contributed by atoms with van der Waals surface area (Å²) in [5.41, 5.74) is -0.460. The average Bonchev–Trinajstić information content (AvgIpc) is 2.93. The molecule has 1 aromatic heterocycles. The molecule has 0 radical (unpaired) electrons. The standard InChI is InChI=1S/C17H28N4O3/c1-5-18-15(19-9-8-14-7-6-10-23-14)20-13-11-21(12-13)16(22)24-17(2,3)4/h6-7,10,13H,5,8-9,11-12H2,1-4H3,(H2,18,19,20). The Balaban J connectivity index is 1.75. The third kappa shape index (κ3) is 5.79. The van der Waals surface area contributed by atoms with Crippen molar-refractivity contribution in [2.75, 3.05) is 26.2 Å². The molecule has 2 N–H and O–H groups in total. The molecule has 0 saturated carbocycles. The van der Waals surface area contributed by atoms with Crippen LogP contribution in [0.5, 0.6) is 0 Å². The largest absolute Gasteiger partial charge is 0.469 e. The summed E-state index contributed by atoms with van der Waals surface area (Å²) in [6.07, 6.45) is 2.17. The number of furan rings is 1. The van der Waals surface area contributed by atoms with Gasteiger partial charge in [0.05, 0.1) is 12.3 Å². The van der Waals surface area contributed by atoms with Crippen LogP contribution in [0.3, 0.4) is 0 Å². The third-order valence-electron chi connectivity index (χ3n) is 3.43. The van der Waals surface area contributed by atoms with Gasteiger partial charge in [-0.05, 0) is 39.8 Å². The Morgan fingerprint density at radius 3 is 2.79 bits per heavy atom. The molecule has 7 heteroatoms. The minimum absolute atomic E-state index is 0.193. The van der Waals surface area contributed by atoms with Crippen molar-refractivity contribution in [2.45, 2.75) is 45.8 Å². The van der Waals surface area contributed by atoms with Gasteiger partial charge in [-0.25, -0.2) is 4.79 Å². The lowest BCUT2D eigenvalue weighted by molar-refractivity contribution is 0.00701. The number of carbonyl (C=O) groups excluding carboxylic acids is 1. The van der Waals surface area contributed by atoms with E-state index in [0.717, 1.165) is 24.7 Å². The molecular formula is C17H28N4O3. The zero-order valence-corrected chi connectivity index (χ0v) is 15.0. The Hall–Kier alpha value is -2.18. The number of carbonyl (C=O) groups is 1. The maximum atomic E-state index is 11.9. The van der Waals surface area contributed by atoms with Gasteiger partial charge in [0.2, 0.25) is 0 Å². The number of ether oxygens (including phenoxy) is 1. The van der Waals surface area contributed by atoms with Crippen LogP contribution in [0, 0.1) is 0 Å². The van der Waals surface area contributed by atoms with Gasteiger partial charge in [-0.15, -0.1) is 0 Å². The highest BCUT2D eigenvalue weighted by molar-refractivity contribution is 5.80. The predicted octanol–water partition coefficient (Wildman–Crippen LogP) is 2.00. The lowest BCUT2D eigenvalue weighted by Crippen LogP contribution is -2.63. The van der Waals surface area contributed by atoms with E-state index in [0.29, 0.717) is 19.6 Å². The zero-order chi connectivity index (χ0) is 17.6. The number of aliphatic imine (C=N–C) groups is 1. The van der Waals surface area contributed by atoms with Crippen molar-refractivity contribution in [1.82, 2.24) is 15.5 Å². The average molecular weight is 336 g/mol. The van der Waals surface area contributed by atoms with Gasteiger partial charge in [0.1, 0.15) is 11.4 Å². The first-order chi connectivity index (χ1) is 11.4. The Morgan fingerprint density at radius 1 is 1.46 bits per heavy atom. The van der Waals surface area contributed by atoms with Gasteiger partial charge in [0, 0.05) is 32.6 Å². The highest BCUT2D eigenvalue weighted by Crippen LogP contribution is 2.15. The van der Waals surface area contributed by atoms with Crippen LogP contribution in [0.1, 0.15) is 33.5 Å². The summed E-state index contributed by atoms with van der Waals surface area (Å²) in [4.78, 5) is 18.2. The lowest BCUT2D eigenvalue weighted by Gasteiger charge is -2.40. The van der Waals surface area contributed by atoms with Gasteiger partial charge < -0.3 is 24.7 Å². The first-order valence-corrected chi connectivity index (χ1v) is 8.42. The number of guanidine groups is 1. The summed E-state index contributed by atoms with van der Waals surface area (Å²) in [6.45, 7) is 10.3. The first-order valence-electron chi connectivity index (χ1n) is 8.42. The van der Waals surface area contributed by atoms with Crippen LogP contribution in [-0.4, -0.2) is 54.8 Å². The van der Waals surface area contributed by atoms with E-state index in [9.17, 15) is 4.79 Å². The number of nitrogens with zero attached hydrogens (tertiary/aromatic N) is 2. The number of nitrogens with one attached hydrogen (secondary N) is 2. The van der Waals surface area contributed by atoms with E-state index in [1.807, 2.05) is 39.8 Å². The van der Waals surface area contributed by atoms with E-state index in [1.54, 1.807) is 11.2 Å². The van der Waals surface area contributed by atoms with Gasteiger partial charge in [0.15, 0.2) is 5.96 Å². The molecule has 0 atom stereocenters. The van der Waals surface area contributed by atoms with Crippen LogP contribution in [0.25, 0.3) is 0 Å². The Labute approximate surface area is 143 Å². The molecule has 1 aromatic rings. The van der Waals surface area contributed by atoms with Gasteiger partial charge in [0.25, 0.3) is 0 Å². The molecule has 2 rings (SSSR count). The van der Waals surface area contributed by atoms with Crippen molar-refractivity contribution in [1.29, 1.82) is 0 Å². The van der Waals surface area contributed by atoms with E-state index < -0.39 is 5.60 Å². The summed E-state index contributed by atoms with van der Waals surface area (Å²) < 4.78 is 10.7. The first kappa shape index (κ1) is 18.2. The lowest BCUT2D eigenvalue weighted by atomic mass is 10.1. The molecule has 0 aliphatic carbocycles. The van der Waals surface area contributed by atoms with E-state index in [1.165, 1.54) is 0 Å². The second kappa shape index (κ2) is 8.08. The van der Waals surface area contributed by atoms with Crippen molar-refractivity contribution in [3.05, 3.63) is 24.2 Å². The molecule has 0 bridgehead atoms. The van der Waals surface area contributed by atoms with Gasteiger partial charge in [-0.2, -0.15) is 0 Å². The zero-order valence-electron chi connectivity index (χ0n) is 15.0. The van der Waals surface area contributed by atoms with Crippen molar-refractivity contribution in [3.63, 3.8) is 0 Å². The fraction of sp³-hybridized carbons (Fsp3) is 0.647. The highest BCUT2D eigenvalue weighted by atomic mass is 16.6. The smallest absolute Gasteiger partial charge is 0.410 e. The van der Waals surface area contributed by atoms with Crippen LogP contribution >= 0.6 is 0 Å². The normalized spacial score (nSPS) is 15.8. The molecule has 134 valence electrons. The number of hydrogen-bond donors (Lipinski definition) is 2. The number of rotatable bonds is 5. The molecule has 24 heavy (non-hydrogen) atoms. The molecule has 0 spiro atoms. The van der Waals surface area contributed by atoms with E-state index >= 15 is 0 Å². The van der Waals surface area contributed by atoms with Crippen molar-refractivity contribution >= 4 is 12.1 Å². The van der Waals surface area contributed by atoms with Crippen LogP contribution in [0.4, 0.5) is 4.79 Å².